The Hall–Kier alpha value is -1.58. The Morgan fingerprint density at radius 2 is 1.78 bits per heavy atom. The zero-order chi connectivity index (χ0) is 15.6. The molecule has 1 aromatic rings. The molecule has 3 fully saturated rings. The minimum Gasteiger partial charge on any atom is -0.369 e. The fourth-order valence-electron chi connectivity index (χ4n) is 6.59. The number of rotatable bonds is 1. The molecule has 4 aliphatic rings. The first kappa shape index (κ1) is 13.8. The van der Waals surface area contributed by atoms with Crippen LogP contribution in [0.1, 0.15) is 50.4 Å². The SMILES string of the molecule is NC(=O)C1CCC2C1CCC1C3C=Cc4nccn4C3CCC12. The topological polar surface area (TPSA) is 60.9 Å². The number of aromatic nitrogens is 2. The smallest absolute Gasteiger partial charge is 0.220 e. The lowest BCUT2D eigenvalue weighted by Crippen LogP contribution is -2.44. The summed E-state index contributed by atoms with van der Waals surface area (Å²) in [4.78, 5) is 16.2. The molecule has 2 N–H and O–H groups in total. The van der Waals surface area contributed by atoms with Crippen LogP contribution in [0.15, 0.2) is 18.5 Å². The molecule has 23 heavy (non-hydrogen) atoms. The third-order valence-electron chi connectivity index (χ3n) is 7.43. The van der Waals surface area contributed by atoms with Gasteiger partial charge in [0.25, 0.3) is 0 Å². The highest BCUT2D eigenvalue weighted by molar-refractivity contribution is 5.77. The van der Waals surface area contributed by atoms with Crippen LogP contribution in [-0.2, 0) is 4.79 Å². The molecule has 4 nitrogen and oxygen atoms in total. The van der Waals surface area contributed by atoms with Gasteiger partial charge in [0.15, 0.2) is 0 Å². The van der Waals surface area contributed by atoms with E-state index < -0.39 is 0 Å². The fourth-order valence-corrected chi connectivity index (χ4v) is 6.59. The van der Waals surface area contributed by atoms with E-state index in [1.165, 1.54) is 32.1 Å². The van der Waals surface area contributed by atoms with Gasteiger partial charge in [-0.1, -0.05) is 6.08 Å². The van der Waals surface area contributed by atoms with Gasteiger partial charge in [0.1, 0.15) is 5.82 Å². The van der Waals surface area contributed by atoms with Crippen LogP contribution in [0, 0.1) is 35.5 Å². The van der Waals surface area contributed by atoms with Crippen molar-refractivity contribution in [3.63, 3.8) is 0 Å². The number of carbonyl (C=O) groups excluding carboxylic acids is 1. The second-order valence-corrected chi connectivity index (χ2v) is 8.09. The van der Waals surface area contributed by atoms with Gasteiger partial charge in [-0.15, -0.1) is 0 Å². The number of allylic oxidation sites excluding steroid dienone is 1. The van der Waals surface area contributed by atoms with E-state index in [-0.39, 0.29) is 11.8 Å². The van der Waals surface area contributed by atoms with E-state index in [0.29, 0.717) is 17.9 Å². The highest BCUT2D eigenvalue weighted by atomic mass is 16.1. The fraction of sp³-hybridized carbons (Fsp3) is 0.684. The number of fused-ring (bicyclic) bond motifs is 7. The normalized spacial score (nSPS) is 44.1. The third kappa shape index (κ3) is 1.90. The van der Waals surface area contributed by atoms with Gasteiger partial charge in [-0.3, -0.25) is 4.79 Å². The zero-order valence-electron chi connectivity index (χ0n) is 13.5. The van der Waals surface area contributed by atoms with Crippen LogP contribution in [0.4, 0.5) is 0 Å². The van der Waals surface area contributed by atoms with E-state index in [2.05, 4.69) is 27.9 Å². The Morgan fingerprint density at radius 3 is 2.65 bits per heavy atom. The van der Waals surface area contributed by atoms with Crippen molar-refractivity contribution in [1.82, 2.24) is 9.55 Å². The summed E-state index contributed by atoms with van der Waals surface area (Å²) in [5.41, 5.74) is 5.66. The Labute approximate surface area is 137 Å². The molecule has 0 bridgehead atoms. The van der Waals surface area contributed by atoms with Crippen molar-refractivity contribution in [2.75, 3.05) is 0 Å². The predicted molar refractivity (Wildman–Crippen MR) is 88.1 cm³/mol. The summed E-state index contributed by atoms with van der Waals surface area (Å²) in [7, 11) is 0. The molecule has 1 amide bonds. The minimum absolute atomic E-state index is 0.0507. The lowest BCUT2D eigenvalue weighted by molar-refractivity contribution is -0.124. The van der Waals surface area contributed by atoms with E-state index in [1.54, 1.807) is 0 Å². The second kappa shape index (κ2) is 4.96. The number of hydrogen-bond acceptors (Lipinski definition) is 2. The Kier molecular flexibility index (Phi) is 2.98. The Morgan fingerprint density at radius 1 is 1.04 bits per heavy atom. The van der Waals surface area contributed by atoms with Crippen LogP contribution >= 0.6 is 0 Å². The summed E-state index contributed by atoms with van der Waals surface area (Å²) in [6, 6.07) is 0.601. The van der Waals surface area contributed by atoms with Crippen molar-refractivity contribution in [3.8, 4) is 0 Å². The summed E-state index contributed by atoms with van der Waals surface area (Å²) in [5.74, 6) is 4.78. The van der Waals surface area contributed by atoms with E-state index >= 15 is 0 Å². The average Bonchev–Trinajstić information content (AvgIpc) is 3.20. The number of nitrogens with zero attached hydrogens (tertiary/aromatic N) is 2. The number of hydrogen-bond donors (Lipinski definition) is 1. The van der Waals surface area contributed by atoms with Crippen LogP contribution in [0.5, 0.6) is 0 Å². The second-order valence-electron chi connectivity index (χ2n) is 8.09. The highest BCUT2D eigenvalue weighted by Crippen LogP contribution is 2.58. The van der Waals surface area contributed by atoms with E-state index in [1.807, 2.05) is 6.20 Å². The first-order valence-corrected chi connectivity index (χ1v) is 9.24. The van der Waals surface area contributed by atoms with Gasteiger partial charge in [-0.2, -0.15) is 0 Å². The third-order valence-corrected chi connectivity index (χ3v) is 7.43. The molecule has 0 saturated heterocycles. The molecule has 1 aromatic heterocycles. The minimum atomic E-state index is -0.0507. The van der Waals surface area contributed by atoms with Crippen molar-refractivity contribution in [2.24, 2.45) is 41.2 Å². The van der Waals surface area contributed by atoms with Crippen molar-refractivity contribution >= 4 is 12.0 Å². The summed E-state index contributed by atoms with van der Waals surface area (Å²) in [5, 5.41) is 0. The summed E-state index contributed by atoms with van der Waals surface area (Å²) in [6.45, 7) is 0. The highest BCUT2D eigenvalue weighted by Gasteiger charge is 2.52. The van der Waals surface area contributed by atoms with E-state index in [9.17, 15) is 4.79 Å². The van der Waals surface area contributed by atoms with Crippen LogP contribution in [0.3, 0.4) is 0 Å². The quantitative estimate of drug-likeness (QED) is 0.866. The van der Waals surface area contributed by atoms with Crippen molar-refractivity contribution in [3.05, 3.63) is 24.3 Å². The Bertz CT molecular complexity index is 663. The molecule has 0 aromatic carbocycles. The average molecular weight is 311 g/mol. The molecule has 2 heterocycles. The monoisotopic (exact) mass is 311 g/mol. The maximum Gasteiger partial charge on any atom is 0.220 e. The molecular weight excluding hydrogens is 286 g/mol. The lowest BCUT2D eigenvalue weighted by Gasteiger charge is -2.51. The lowest BCUT2D eigenvalue weighted by atomic mass is 9.56. The van der Waals surface area contributed by atoms with Gasteiger partial charge in [-0.05, 0) is 68.3 Å². The summed E-state index contributed by atoms with van der Waals surface area (Å²) >= 11 is 0. The van der Waals surface area contributed by atoms with Gasteiger partial charge in [0.2, 0.25) is 5.91 Å². The molecule has 4 heteroatoms. The maximum atomic E-state index is 11.8. The zero-order valence-corrected chi connectivity index (χ0v) is 13.5. The molecular formula is C19H25N3O. The van der Waals surface area contributed by atoms with Crippen LogP contribution in [-0.4, -0.2) is 15.5 Å². The first-order valence-electron chi connectivity index (χ1n) is 9.24. The molecule has 7 unspecified atom stereocenters. The van der Waals surface area contributed by atoms with Crippen molar-refractivity contribution in [2.45, 2.75) is 44.6 Å². The van der Waals surface area contributed by atoms with Gasteiger partial charge in [-0.25, -0.2) is 4.98 Å². The standard InChI is InChI=1S/C19H25N3O/c20-19(23)16-4-3-11-12-5-7-17-15(13(12)1-2-14(11)16)6-8-18-21-9-10-22(17)18/h6,8-17H,1-5,7H2,(H2,20,23). The van der Waals surface area contributed by atoms with Crippen LogP contribution in [0.25, 0.3) is 6.08 Å². The first-order chi connectivity index (χ1) is 11.2. The molecule has 7 atom stereocenters. The van der Waals surface area contributed by atoms with Gasteiger partial charge in [0.05, 0.1) is 0 Å². The Balaban J connectivity index is 1.43. The summed E-state index contributed by atoms with van der Waals surface area (Å²) < 4.78 is 2.40. The number of imidazole rings is 1. The molecule has 0 spiro atoms. The molecule has 122 valence electrons. The predicted octanol–water partition coefficient (Wildman–Crippen LogP) is 3.01. The van der Waals surface area contributed by atoms with Crippen molar-refractivity contribution in [1.29, 1.82) is 0 Å². The van der Waals surface area contributed by atoms with Crippen LogP contribution in [0.2, 0.25) is 0 Å². The van der Waals surface area contributed by atoms with E-state index in [4.69, 9.17) is 5.73 Å². The molecule has 0 radical (unpaired) electrons. The number of amides is 1. The maximum absolute atomic E-state index is 11.8. The molecule has 3 saturated carbocycles. The number of nitrogens with two attached hydrogens (primary N) is 1. The molecule has 3 aliphatic carbocycles. The van der Waals surface area contributed by atoms with E-state index in [0.717, 1.165) is 30.0 Å². The van der Waals surface area contributed by atoms with Crippen LogP contribution < -0.4 is 5.73 Å². The van der Waals surface area contributed by atoms with Gasteiger partial charge >= 0.3 is 0 Å². The number of carbonyl (C=O) groups is 1. The molecule has 5 rings (SSSR count). The molecule has 1 aliphatic heterocycles. The summed E-state index contributed by atoms with van der Waals surface area (Å²) in [6.07, 6.45) is 16.0. The number of primary amides is 1. The largest absolute Gasteiger partial charge is 0.369 e. The van der Waals surface area contributed by atoms with Gasteiger partial charge in [0, 0.05) is 30.3 Å². The van der Waals surface area contributed by atoms with Crippen molar-refractivity contribution < 1.29 is 4.79 Å². The van der Waals surface area contributed by atoms with Gasteiger partial charge < -0.3 is 10.3 Å².